The highest BCUT2D eigenvalue weighted by Crippen LogP contribution is 2.24. The first-order chi connectivity index (χ1) is 8.56. The standard InChI is InChI=1S/C12H8BrFN2O2/c13-8-5-4-7(6-9(8)17)12(18)16-11-3-1-2-10(14)15-11/h1-6,17H,(H,15,16,18). The van der Waals surface area contributed by atoms with Crippen LogP contribution in [-0.2, 0) is 0 Å². The van der Waals surface area contributed by atoms with E-state index in [4.69, 9.17) is 0 Å². The number of pyridine rings is 1. The van der Waals surface area contributed by atoms with Crippen LogP contribution < -0.4 is 5.32 Å². The van der Waals surface area contributed by atoms with Crippen LogP contribution in [0.1, 0.15) is 10.4 Å². The molecular formula is C12H8BrFN2O2. The van der Waals surface area contributed by atoms with E-state index in [0.29, 0.717) is 4.47 Å². The first kappa shape index (κ1) is 12.5. The molecule has 0 saturated heterocycles. The van der Waals surface area contributed by atoms with Crippen LogP contribution in [0, 0.1) is 5.95 Å². The van der Waals surface area contributed by atoms with Crippen LogP contribution in [-0.4, -0.2) is 16.0 Å². The fourth-order valence-corrected chi connectivity index (χ4v) is 1.57. The maximum absolute atomic E-state index is 12.8. The number of hydrogen-bond acceptors (Lipinski definition) is 3. The molecule has 0 spiro atoms. The number of carbonyl (C=O) groups excluding carboxylic acids is 1. The van der Waals surface area contributed by atoms with Crippen molar-refractivity contribution in [1.29, 1.82) is 0 Å². The van der Waals surface area contributed by atoms with E-state index < -0.39 is 11.9 Å². The molecule has 0 aliphatic heterocycles. The molecule has 0 unspecified atom stereocenters. The van der Waals surface area contributed by atoms with Gasteiger partial charge in [0.1, 0.15) is 11.6 Å². The van der Waals surface area contributed by atoms with Crippen LogP contribution >= 0.6 is 15.9 Å². The number of hydrogen-bond donors (Lipinski definition) is 2. The van der Waals surface area contributed by atoms with Gasteiger partial charge in [0, 0.05) is 5.56 Å². The summed E-state index contributed by atoms with van der Waals surface area (Å²) < 4.78 is 13.3. The van der Waals surface area contributed by atoms with Gasteiger partial charge in [0.15, 0.2) is 0 Å². The number of phenolic OH excluding ortho intramolecular Hbond substituents is 1. The lowest BCUT2D eigenvalue weighted by Gasteiger charge is -2.05. The Kier molecular flexibility index (Phi) is 3.57. The summed E-state index contributed by atoms with van der Waals surface area (Å²) in [6.45, 7) is 0. The number of aromatic hydroxyl groups is 1. The van der Waals surface area contributed by atoms with E-state index in [2.05, 4.69) is 26.2 Å². The number of phenols is 1. The zero-order chi connectivity index (χ0) is 13.1. The number of nitrogens with one attached hydrogen (secondary N) is 1. The number of aromatic nitrogens is 1. The number of rotatable bonds is 2. The predicted octanol–water partition coefficient (Wildman–Crippen LogP) is 2.94. The smallest absolute Gasteiger partial charge is 0.256 e. The summed E-state index contributed by atoms with van der Waals surface area (Å²) in [6.07, 6.45) is 0. The van der Waals surface area contributed by atoms with E-state index >= 15 is 0 Å². The van der Waals surface area contributed by atoms with Gasteiger partial charge in [-0.3, -0.25) is 4.79 Å². The van der Waals surface area contributed by atoms with E-state index in [-0.39, 0.29) is 17.1 Å². The van der Waals surface area contributed by atoms with Gasteiger partial charge in [-0.05, 0) is 46.3 Å². The number of nitrogens with zero attached hydrogens (tertiary/aromatic N) is 1. The Morgan fingerprint density at radius 1 is 1.33 bits per heavy atom. The van der Waals surface area contributed by atoms with E-state index in [1.165, 1.54) is 30.3 Å². The van der Waals surface area contributed by atoms with Gasteiger partial charge in [0.25, 0.3) is 5.91 Å². The van der Waals surface area contributed by atoms with Crippen LogP contribution in [0.2, 0.25) is 0 Å². The van der Waals surface area contributed by atoms with Crippen molar-refractivity contribution < 1.29 is 14.3 Å². The fraction of sp³-hybridized carbons (Fsp3) is 0. The first-order valence-electron chi connectivity index (χ1n) is 4.98. The molecule has 0 aliphatic rings. The summed E-state index contributed by atoms with van der Waals surface area (Å²) in [6, 6.07) is 8.47. The van der Waals surface area contributed by atoms with E-state index in [9.17, 15) is 14.3 Å². The topological polar surface area (TPSA) is 62.2 Å². The maximum atomic E-state index is 12.8. The second kappa shape index (κ2) is 5.14. The molecule has 0 atom stereocenters. The van der Waals surface area contributed by atoms with Gasteiger partial charge in [-0.1, -0.05) is 6.07 Å². The van der Waals surface area contributed by atoms with Crippen molar-refractivity contribution in [2.24, 2.45) is 0 Å². The Morgan fingerprint density at radius 2 is 2.11 bits per heavy atom. The lowest BCUT2D eigenvalue weighted by atomic mass is 10.2. The van der Waals surface area contributed by atoms with Crippen molar-refractivity contribution in [3.05, 3.63) is 52.4 Å². The van der Waals surface area contributed by atoms with Gasteiger partial charge in [0.05, 0.1) is 4.47 Å². The first-order valence-corrected chi connectivity index (χ1v) is 5.78. The lowest BCUT2D eigenvalue weighted by Crippen LogP contribution is -2.13. The Labute approximate surface area is 111 Å². The maximum Gasteiger partial charge on any atom is 0.256 e. The van der Waals surface area contributed by atoms with Crippen LogP contribution in [0.4, 0.5) is 10.2 Å². The minimum Gasteiger partial charge on any atom is -0.507 e. The highest BCUT2D eigenvalue weighted by molar-refractivity contribution is 9.10. The minimum absolute atomic E-state index is 0.0464. The van der Waals surface area contributed by atoms with Crippen LogP contribution in [0.15, 0.2) is 40.9 Å². The van der Waals surface area contributed by atoms with Crippen molar-refractivity contribution in [3.63, 3.8) is 0 Å². The largest absolute Gasteiger partial charge is 0.507 e. The predicted molar refractivity (Wildman–Crippen MR) is 68.0 cm³/mol. The minimum atomic E-state index is -0.675. The van der Waals surface area contributed by atoms with Crippen LogP contribution in [0.5, 0.6) is 5.75 Å². The third-order valence-electron chi connectivity index (χ3n) is 2.17. The molecule has 92 valence electrons. The highest BCUT2D eigenvalue weighted by atomic mass is 79.9. The van der Waals surface area contributed by atoms with E-state index in [1.54, 1.807) is 6.07 Å². The van der Waals surface area contributed by atoms with Gasteiger partial charge < -0.3 is 10.4 Å². The third kappa shape index (κ3) is 2.84. The van der Waals surface area contributed by atoms with Crippen molar-refractivity contribution in [2.75, 3.05) is 5.32 Å². The number of halogens is 2. The summed E-state index contributed by atoms with van der Waals surface area (Å²) in [5.74, 6) is -1.08. The monoisotopic (exact) mass is 310 g/mol. The second-order valence-electron chi connectivity index (χ2n) is 3.47. The molecule has 1 amide bonds. The van der Waals surface area contributed by atoms with Gasteiger partial charge in [-0.2, -0.15) is 4.39 Å². The Hall–Kier alpha value is -1.95. The molecule has 2 rings (SSSR count). The molecule has 4 nitrogen and oxygen atoms in total. The van der Waals surface area contributed by atoms with Gasteiger partial charge >= 0.3 is 0 Å². The molecule has 1 heterocycles. The van der Waals surface area contributed by atoms with E-state index in [0.717, 1.165) is 0 Å². The molecular weight excluding hydrogens is 303 g/mol. The number of benzene rings is 1. The molecule has 2 N–H and O–H groups in total. The van der Waals surface area contributed by atoms with Crippen LogP contribution in [0.25, 0.3) is 0 Å². The average Bonchev–Trinajstić information content (AvgIpc) is 2.32. The number of amides is 1. The summed E-state index contributed by atoms with van der Waals surface area (Å²) >= 11 is 3.11. The fourth-order valence-electron chi connectivity index (χ4n) is 1.32. The highest BCUT2D eigenvalue weighted by Gasteiger charge is 2.09. The van der Waals surface area contributed by atoms with Gasteiger partial charge in [-0.25, -0.2) is 4.98 Å². The molecule has 0 bridgehead atoms. The summed E-state index contributed by atoms with van der Waals surface area (Å²) in [5, 5.41) is 11.9. The van der Waals surface area contributed by atoms with Crippen LogP contribution in [0.3, 0.4) is 0 Å². The van der Waals surface area contributed by atoms with Crippen molar-refractivity contribution in [3.8, 4) is 5.75 Å². The third-order valence-corrected chi connectivity index (χ3v) is 2.84. The zero-order valence-corrected chi connectivity index (χ0v) is 10.6. The summed E-state index contributed by atoms with van der Waals surface area (Å²) in [7, 11) is 0. The molecule has 0 radical (unpaired) electrons. The molecule has 18 heavy (non-hydrogen) atoms. The molecule has 0 saturated carbocycles. The molecule has 1 aromatic heterocycles. The quantitative estimate of drug-likeness (QED) is 0.838. The van der Waals surface area contributed by atoms with E-state index in [1.807, 2.05) is 0 Å². The SMILES string of the molecule is O=C(Nc1cccc(F)n1)c1ccc(Br)c(O)c1. The molecule has 6 heteroatoms. The number of carbonyl (C=O) groups is 1. The average molecular weight is 311 g/mol. The molecule has 0 fully saturated rings. The second-order valence-corrected chi connectivity index (χ2v) is 4.32. The van der Waals surface area contributed by atoms with Gasteiger partial charge in [0.2, 0.25) is 5.95 Å². The van der Waals surface area contributed by atoms with Crippen molar-refractivity contribution in [2.45, 2.75) is 0 Å². The lowest BCUT2D eigenvalue weighted by molar-refractivity contribution is 0.102. The molecule has 0 aliphatic carbocycles. The Morgan fingerprint density at radius 3 is 2.78 bits per heavy atom. The molecule has 2 aromatic rings. The van der Waals surface area contributed by atoms with Crippen molar-refractivity contribution in [1.82, 2.24) is 4.98 Å². The van der Waals surface area contributed by atoms with Gasteiger partial charge in [-0.15, -0.1) is 0 Å². The zero-order valence-electron chi connectivity index (χ0n) is 9.02. The number of anilines is 1. The van der Waals surface area contributed by atoms with Crippen molar-refractivity contribution >= 4 is 27.7 Å². The Bertz CT molecular complexity index is 604. The normalized spacial score (nSPS) is 10.1. The Balaban J connectivity index is 2.19. The summed E-state index contributed by atoms with van der Waals surface area (Å²) in [4.78, 5) is 15.3. The molecule has 1 aromatic carbocycles. The summed E-state index contributed by atoms with van der Waals surface area (Å²) in [5.41, 5.74) is 0.252.